The van der Waals surface area contributed by atoms with Gasteiger partial charge in [-0.1, -0.05) is 12.1 Å². The molecule has 2 heterocycles. The van der Waals surface area contributed by atoms with Crippen molar-refractivity contribution in [2.24, 2.45) is 5.92 Å². The fourth-order valence-corrected chi connectivity index (χ4v) is 3.68. The van der Waals surface area contributed by atoms with Crippen LogP contribution < -0.4 is 14.8 Å². The molecule has 2 aliphatic rings. The van der Waals surface area contributed by atoms with Gasteiger partial charge in [-0.3, -0.25) is 0 Å². The molecule has 1 N–H and O–H groups in total. The molecule has 28 heavy (non-hydrogen) atoms. The first kappa shape index (κ1) is 17.3. The minimum Gasteiger partial charge on any atom is -0.491 e. The lowest BCUT2D eigenvalue weighted by molar-refractivity contribution is -0.0498. The number of hydrogen-bond donors (Lipinski definition) is 1. The van der Waals surface area contributed by atoms with E-state index >= 15 is 0 Å². The number of nitrogens with one attached hydrogen (secondary N) is 1. The van der Waals surface area contributed by atoms with Gasteiger partial charge in [-0.15, -0.1) is 0 Å². The van der Waals surface area contributed by atoms with Gasteiger partial charge in [-0.05, 0) is 43.4 Å². The van der Waals surface area contributed by atoms with Gasteiger partial charge in [-0.25, -0.2) is 4.98 Å². The molecule has 146 valence electrons. The van der Waals surface area contributed by atoms with Crippen LogP contribution in [-0.2, 0) is 6.54 Å². The first-order valence-electron chi connectivity index (χ1n) is 9.63. The molecular formula is C21H21F2N3O2. The van der Waals surface area contributed by atoms with Gasteiger partial charge in [0.2, 0.25) is 0 Å². The molecule has 0 amide bonds. The molecule has 1 aromatic heterocycles. The highest BCUT2D eigenvalue weighted by atomic mass is 19.3. The maximum Gasteiger partial charge on any atom is 0.387 e. The molecule has 1 fully saturated rings. The normalized spacial score (nSPS) is 16.1. The number of nitrogens with zero attached hydrogens (tertiary/aromatic N) is 2. The van der Waals surface area contributed by atoms with E-state index in [1.165, 1.54) is 18.9 Å². The van der Waals surface area contributed by atoms with E-state index < -0.39 is 6.61 Å². The van der Waals surface area contributed by atoms with Crippen LogP contribution in [0.3, 0.4) is 0 Å². The van der Waals surface area contributed by atoms with Crippen molar-refractivity contribution in [3.8, 4) is 22.9 Å². The zero-order valence-electron chi connectivity index (χ0n) is 15.3. The summed E-state index contributed by atoms with van der Waals surface area (Å²) in [6, 6.07) is 10.8. The predicted molar refractivity (Wildman–Crippen MR) is 103 cm³/mol. The van der Waals surface area contributed by atoms with E-state index in [9.17, 15) is 8.78 Å². The van der Waals surface area contributed by atoms with Gasteiger partial charge in [0, 0.05) is 30.4 Å². The molecule has 7 heteroatoms. The van der Waals surface area contributed by atoms with E-state index in [4.69, 9.17) is 9.72 Å². The first-order valence-corrected chi connectivity index (χ1v) is 9.63. The fraction of sp³-hybridized carbons (Fsp3) is 0.381. The molecule has 0 unspecified atom stereocenters. The second kappa shape index (κ2) is 6.96. The number of benzene rings is 2. The van der Waals surface area contributed by atoms with E-state index in [-0.39, 0.29) is 5.75 Å². The van der Waals surface area contributed by atoms with Crippen molar-refractivity contribution in [3.05, 3.63) is 36.4 Å². The lowest BCUT2D eigenvalue weighted by Gasteiger charge is -2.10. The number of rotatable bonds is 6. The molecule has 0 spiro atoms. The summed E-state index contributed by atoms with van der Waals surface area (Å²) < 4.78 is 37.8. The van der Waals surface area contributed by atoms with Crippen molar-refractivity contribution in [3.63, 3.8) is 0 Å². The molecule has 0 bridgehead atoms. The molecule has 3 aromatic rings. The first-order chi connectivity index (χ1) is 13.7. The predicted octanol–water partition coefficient (Wildman–Crippen LogP) is 4.91. The number of anilines is 1. The summed E-state index contributed by atoms with van der Waals surface area (Å²) in [5.41, 5.74) is 3.54. The van der Waals surface area contributed by atoms with E-state index in [1.54, 1.807) is 12.1 Å². The Balaban J connectivity index is 1.58. The Morgan fingerprint density at radius 1 is 1.25 bits per heavy atom. The number of aromatic nitrogens is 2. The summed E-state index contributed by atoms with van der Waals surface area (Å²) in [6.07, 6.45) is 3.42. The summed E-state index contributed by atoms with van der Waals surface area (Å²) in [5.74, 6) is 2.44. The average molecular weight is 385 g/mol. The standard InChI is InChI=1S/C21H21F2N3O2/c22-21(23)28-16-4-1-3-14(9-16)20-25-17-10-15(24-12-13-5-6-13)11-18-19(17)26(20)7-2-8-27-18/h1,3-4,9-11,13,21,24H,2,5-8,12H2. The lowest BCUT2D eigenvalue weighted by atomic mass is 10.2. The SMILES string of the molecule is FC(F)Oc1cccc(-c2nc3cc(NCC4CC4)cc4c3n2CCCO4)c1. The molecule has 2 aromatic carbocycles. The third kappa shape index (κ3) is 3.37. The maximum atomic E-state index is 12.6. The maximum absolute atomic E-state index is 12.6. The molecule has 0 atom stereocenters. The van der Waals surface area contributed by atoms with Crippen LogP contribution in [0.5, 0.6) is 11.5 Å². The van der Waals surface area contributed by atoms with Crippen molar-refractivity contribution in [1.82, 2.24) is 9.55 Å². The van der Waals surface area contributed by atoms with E-state index in [0.717, 1.165) is 59.3 Å². The van der Waals surface area contributed by atoms with Crippen molar-refractivity contribution < 1.29 is 18.3 Å². The summed E-state index contributed by atoms with van der Waals surface area (Å²) in [7, 11) is 0. The van der Waals surface area contributed by atoms with Gasteiger partial charge < -0.3 is 19.4 Å². The Morgan fingerprint density at radius 3 is 2.96 bits per heavy atom. The second-order valence-electron chi connectivity index (χ2n) is 7.36. The molecule has 5 rings (SSSR count). The Labute approximate surface area is 161 Å². The van der Waals surface area contributed by atoms with Crippen LogP contribution in [0.15, 0.2) is 36.4 Å². The monoisotopic (exact) mass is 385 g/mol. The smallest absolute Gasteiger partial charge is 0.387 e. The lowest BCUT2D eigenvalue weighted by Crippen LogP contribution is -2.03. The number of imidazole rings is 1. The molecule has 0 radical (unpaired) electrons. The highest BCUT2D eigenvalue weighted by molar-refractivity contribution is 5.89. The Bertz CT molecular complexity index is 1010. The molecule has 1 aliphatic heterocycles. The highest BCUT2D eigenvalue weighted by Gasteiger charge is 2.23. The van der Waals surface area contributed by atoms with Crippen molar-refractivity contribution >= 4 is 16.7 Å². The third-order valence-corrected chi connectivity index (χ3v) is 5.20. The van der Waals surface area contributed by atoms with E-state index in [1.807, 2.05) is 18.2 Å². The summed E-state index contributed by atoms with van der Waals surface area (Å²) >= 11 is 0. The van der Waals surface area contributed by atoms with Crippen molar-refractivity contribution in [2.75, 3.05) is 18.5 Å². The van der Waals surface area contributed by atoms with Crippen LogP contribution in [0.4, 0.5) is 14.5 Å². The minimum absolute atomic E-state index is 0.129. The Kier molecular flexibility index (Phi) is 4.30. The van der Waals surface area contributed by atoms with Crippen LogP contribution in [-0.4, -0.2) is 29.3 Å². The Hall–Kier alpha value is -2.83. The number of hydrogen-bond acceptors (Lipinski definition) is 4. The van der Waals surface area contributed by atoms with Gasteiger partial charge in [0.15, 0.2) is 0 Å². The van der Waals surface area contributed by atoms with Crippen LogP contribution >= 0.6 is 0 Å². The molecule has 1 aliphatic carbocycles. The van der Waals surface area contributed by atoms with Crippen LogP contribution in [0.1, 0.15) is 19.3 Å². The topological polar surface area (TPSA) is 48.3 Å². The van der Waals surface area contributed by atoms with Gasteiger partial charge in [0.05, 0.1) is 12.1 Å². The number of aryl methyl sites for hydroxylation is 1. The second-order valence-corrected chi connectivity index (χ2v) is 7.36. The van der Waals surface area contributed by atoms with Crippen LogP contribution in [0, 0.1) is 5.92 Å². The van der Waals surface area contributed by atoms with Crippen LogP contribution in [0.2, 0.25) is 0 Å². The largest absolute Gasteiger partial charge is 0.491 e. The van der Waals surface area contributed by atoms with E-state index in [2.05, 4.69) is 14.6 Å². The number of ether oxygens (including phenoxy) is 2. The zero-order chi connectivity index (χ0) is 19.1. The zero-order valence-corrected chi connectivity index (χ0v) is 15.3. The van der Waals surface area contributed by atoms with Gasteiger partial charge in [0.25, 0.3) is 0 Å². The minimum atomic E-state index is -2.85. The van der Waals surface area contributed by atoms with Crippen LogP contribution in [0.25, 0.3) is 22.4 Å². The van der Waals surface area contributed by atoms with Gasteiger partial charge in [0.1, 0.15) is 22.8 Å². The third-order valence-electron chi connectivity index (χ3n) is 5.20. The summed E-state index contributed by atoms with van der Waals surface area (Å²) in [5, 5.41) is 3.48. The summed E-state index contributed by atoms with van der Waals surface area (Å²) in [6.45, 7) is -0.494. The van der Waals surface area contributed by atoms with Crippen molar-refractivity contribution in [1.29, 1.82) is 0 Å². The molecule has 0 saturated heterocycles. The Morgan fingerprint density at radius 2 is 2.14 bits per heavy atom. The average Bonchev–Trinajstić information content (AvgIpc) is 3.45. The number of halogens is 2. The summed E-state index contributed by atoms with van der Waals surface area (Å²) in [4.78, 5) is 4.82. The molecular weight excluding hydrogens is 364 g/mol. The van der Waals surface area contributed by atoms with E-state index in [0.29, 0.717) is 6.61 Å². The molecule has 5 nitrogen and oxygen atoms in total. The molecule has 1 saturated carbocycles. The number of alkyl halides is 2. The van der Waals surface area contributed by atoms with Crippen molar-refractivity contribution in [2.45, 2.75) is 32.4 Å². The highest BCUT2D eigenvalue weighted by Crippen LogP contribution is 2.37. The fourth-order valence-electron chi connectivity index (χ4n) is 3.68. The van der Waals surface area contributed by atoms with Gasteiger partial charge >= 0.3 is 6.61 Å². The van der Waals surface area contributed by atoms with Gasteiger partial charge in [-0.2, -0.15) is 8.78 Å². The quantitative estimate of drug-likeness (QED) is 0.655.